The first-order valence-electron chi connectivity index (χ1n) is 7.20. The summed E-state index contributed by atoms with van der Waals surface area (Å²) in [5.74, 6) is 3.24. The minimum atomic E-state index is 0.627. The second kappa shape index (κ2) is 7.83. The normalized spacial score (nSPS) is 11.4. The Bertz CT molecular complexity index is 381. The van der Waals surface area contributed by atoms with Gasteiger partial charge in [0.25, 0.3) is 0 Å². The Balaban J connectivity index is 2.99. The summed E-state index contributed by atoms with van der Waals surface area (Å²) in [7, 11) is 0. The van der Waals surface area contributed by atoms with Crippen LogP contribution in [0.25, 0.3) is 0 Å². The van der Waals surface area contributed by atoms with Crippen molar-refractivity contribution in [2.75, 3.05) is 18.0 Å². The SMILES string of the molecule is CCCc1nc(Br)cc(N(CC(C)C)CC(C)C)n1. The lowest BCUT2D eigenvalue weighted by Crippen LogP contribution is -2.32. The lowest BCUT2D eigenvalue weighted by atomic mass is 10.1. The van der Waals surface area contributed by atoms with Crippen LogP contribution in [0, 0.1) is 11.8 Å². The smallest absolute Gasteiger partial charge is 0.133 e. The number of aromatic nitrogens is 2. The van der Waals surface area contributed by atoms with Crippen LogP contribution in [0.3, 0.4) is 0 Å². The van der Waals surface area contributed by atoms with E-state index in [0.717, 1.165) is 42.2 Å². The van der Waals surface area contributed by atoms with E-state index in [1.165, 1.54) is 0 Å². The lowest BCUT2D eigenvalue weighted by Gasteiger charge is -2.27. The molecule has 0 spiro atoms. The van der Waals surface area contributed by atoms with Crippen molar-refractivity contribution >= 4 is 21.7 Å². The molecule has 1 heterocycles. The second-order valence-corrected chi connectivity index (χ2v) is 6.72. The van der Waals surface area contributed by atoms with Crippen LogP contribution in [0.15, 0.2) is 10.7 Å². The summed E-state index contributed by atoms with van der Waals surface area (Å²) in [6, 6.07) is 2.03. The molecule has 0 radical (unpaired) electrons. The average molecular weight is 328 g/mol. The molecule has 0 aliphatic heterocycles. The highest BCUT2D eigenvalue weighted by Crippen LogP contribution is 2.19. The summed E-state index contributed by atoms with van der Waals surface area (Å²) in [6.45, 7) is 13.2. The van der Waals surface area contributed by atoms with Crippen molar-refractivity contribution in [1.29, 1.82) is 0 Å². The van der Waals surface area contributed by atoms with Crippen LogP contribution in [0.5, 0.6) is 0 Å². The maximum atomic E-state index is 4.71. The second-order valence-electron chi connectivity index (χ2n) is 5.91. The van der Waals surface area contributed by atoms with E-state index in [9.17, 15) is 0 Å². The van der Waals surface area contributed by atoms with Crippen molar-refractivity contribution in [1.82, 2.24) is 9.97 Å². The van der Waals surface area contributed by atoms with Gasteiger partial charge in [0.15, 0.2) is 0 Å². The molecule has 1 aromatic rings. The first-order chi connectivity index (χ1) is 8.92. The number of hydrogen-bond acceptors (Lipinski definition) is 3. The standard InChI is InChI=1S/C15H26BrN3/c1-6-7-14-17-13(16)8-15(18-14)19(9-11(2)3)10-12(4)5/h8,11-12H,6-7,9-10H2,1-5H3. The van der Waals surface area contributed by atoms with E-state index in [1.807, 2.05) is 6.07 Å². The molecule has 0 aromatic carbocycles. The maximum Gasteiger partial charge on any atom is 0.133 e. The number of halogens is 1. The van der Waals surface area contributed by atoms with Crippen LogP contribution < -0.4 is 4.90 Å². The predicted octanol–water partition coefficient (Wildman–Crippen LogP) is 4.31. The zero-order valence-corrected chi connectivity index (χ0v) is 14.4. The van der Waals surface area contributed by atoms with Gasteiger partial charge in [-0.25, -0.2) is 9.97 Å². The highest BCUT2D eigenvalue weighted by atomic mass is 79.9. The highest BCUT2D eigenvalue weighted by Gasteiger charge is 2.13. The van der Waals surface area contributed by atoms with Gasteiger partial charge in [-0.2, -0.15) is 0 Å². The molecule has 0 N–H and O–H groups in total. The third kappa shape index (κ3) is 5.89. The third-order valence-electron chi connectivity index (χ3n) is 2.70. The Morgan fingerprint density at radius 3 is 2.16 bits per heavy atom. The van der Waals surface area contributed by atoms with Gasteiger partial charge >= 0.3 is 0 Å². The van der Waals surface area contributed by atoms with E-state index >= 15 is 0 Å². The Hall–Kier alpha value is -0.640. The summed E-state index contributed by atoms with van der Waals surface area (Å²) < 4.78 is 0.887. The Labute approximate surface area is 126 Å². The fourth-order valence-electron chi connectivity index (χ4n) is 2.09. The van der Waals surface area contributed by atoms with Crippen molar-refractivity contribution < 1.29 is 0 Å². The molecule has 0 fully saturated rings. The molecule has 0 saturated carbocycles. The van der Waals surface area contributed by atoms with Crippen LogP contribution in [-0.4, -0.2) is 23.1 Å². The maximum absolute atomic E-state index is 4.71. The molecule has 0 unspecified atom stereocenters. The largest absolute Gasteiger partial charge is 0.356 e. The molecule has 3 nitrogen and oxygen atoms in total. The summed E-state index contributed by atoms with van der Waals surface area (Å²) in [5, 5.41) is 0. The molecule has 0 aliphatic carbocycles. The van der Waals surface area contributed by atoms with Gasteiger partial charge in [-0.05, 0) is 34.2 Å². The molecular weight excluding hydrogens is 302 g/mol. The molecular formula is C15H26BrN3. The van der Waals surface area contributed by atoms with Gasteiger partial charge in [-0.3, -0.25) is 0 Å². The molecule has 0 aliphatic rings. The number of anilines is 1. The quantitative estimate of drug-likeness (QED) is 0.699. The van der Waals surface area contributed by atoms with Crippen molar-refractivity contribution in [2.24, 2.45) is 11.8 Å². The van der Waals surface area contributed by atoms with Gasteiger partial charge in [0.2, 0.25) is 0 Å². The predicted molar refractivity (Wildman–Crippen MR) is 85.6 cm³/mol. The zero-order valence-electron chi connectivity index (χ0n) is 12.8. The molecule has 0 amide bonds. The Morgan fingerprint density at radius 2 is 1.68 bits per heavy atom. The van der Waals surface area contributed by atoms with E-state index in [0.29, 0.717) is 11.8 Å². The van der Waals surface area contributed by atoms with Gasteiger partial charge in [-0.1, -0.05) is 34.6 Å². The minimum absolute atomic E-state index is 0.627. The molecule has 19 heavy (non-hydrogen) atoms. The van der Waals surface area contributed by atoms with Gasteiger partial charge in [0, 0.05) is 25.6 Å². The summed E-state index contributed by atoms with van der Waals surface area (Å²) in [5.41, 5.74) is 0. The zero-order chi connectivity index (χ0) is 14.4. The first kappa shape index (κ1) is 16.4. The van der Waals surface area contributed by atoms with Crippen molar-refractivity contribution in [3.05, 3.63) is 16.5 Å². The highest BCUT2D eigenvalue weighted by molar-refractivity contribution is 9.10. The van der Waals surface area contributed by atoms with Crippen LogP contribution in [0.4, 0.5) is 5.82 Å². The van der Waals surface area contributed by atoms with E-state index in [2.05, 4.69) is 60.4 Å². The van der Waals surface area contributed by atoms with E-state index in [4.69, 9.17) is 4.98 Å². The van der Waals surface area contributed by atoms with E-state index < -0.39 is 0 Å². The molecule has 0 saturated heterocycles. The van der Waals surface area contributed by atoms with Gasteiger partial charge in [0.05, 0.1) is 0 Å². The van der Waals surface area contributed by atoms with Gasteiger partial charge in [0.1, 0.15) is 16.2 Å². The minimum Gasteiger partial charge on any atom is -0.356 e. The summed E-state index contributed by atoms with van der Waals surface area (Å²) >= 11 is 3.51. The monoisotopic (exact) mass is 327 g/mol. The molecule has 1 rings (SSSR count). The lowest BCUT2D eigenvalue weighted by molar-refractivity contribution is 0.547. The molecule has 108 valence electrons. The third-order valence-corrected chi connectivity index (χ3v) is 3.10. The van der Waals surface area contributed by atoms with Crippen LogP contribution in [-0.2, 0) is 6.42 Å². The fraction of sp³-hybridized carbons (Fsp3) is 0.733. The van der Waals surface area contributed by atoms with E-state index in [-0.39, 0.29) is 0 Å². The van der Waals surface area contributed by atoms with Crippen LogP contribution in [0.1, 0.15) is 46.9 Å². The van der Waals surface area contributed by atoms with Crippen LogP contribution in [0.2, 0.25) is 0 Å². The van der Waals surface area contributed by atoms with Gasteiger partial charge in [-0.15, -0.1) is 0 Å². The average Bonchev–Trinajstić information content (AvgIpc) is 2.26. The molecule has 0 atom stereocenters. The summed E-state index contributed by atoms with van der Waals surface area (Å²) in [4.78, 5) is 11.5. The number of rotatable bonds is 7. The topological polar surface area (TPSA) is 29.0 Å². The van der Waals surface area contributed by atoms with Crippen molar-refractivity contribution in [3.8, 4) is 0 Å². The number of nitrogens with zero attached hydrogens (tertiary/aromatic N) is 3. The van der Waals surface area contributed by atoms with Crippen LogP contribution >= 0.6 is 15.9 Å². The molecule has 0 bridgehead atoms. The Morgan fingerprint density at radius 1 is 1.11 bits per heavy atom. The summed E-state index contributed by atoms with van der Waals surface area (Å²) in [6.07, 6.45) is 2.01. The molecule has 4 heteroatoms. The van der Waals surface area contributed by atoms with Crippen molar-refractivity contribution in [2.45, 2.75) is 47.5 Å². The number of hydrogen-bond donors (Lipinski definition) is 0. The van der Waals surface area contributed by atoms with Gasteiger partial charge < -0.3 is 4.90 Å². The van der Waals surface area contributed by atoms with E-state index in [1.54, 1.807) is 0 Å². The Kier molecular flexibility index (Phi) is 6.76. The number of aryl methyl sites for hydroxylation is 1. The van der Waals surface area contributed by atoms with Crippen molar-refractivity contribution in [3.63, 3.8) is 0 Å². The fourth-order valence-corrected chi connectivity index (χ4v) is 2.50. The first-order valence-corrected chi connectivity index (χ1v) is 8.00. The molecule has 1 aromatic heterocycles.